The summed E-state index contributed by atoms with van der Waals surface area (Å²) in [6.45, 7) is 2.28. The topological polar surface area (TPSA) is 82.6 Å². The summed E-state index contributed by atoms with van der Waals surface area (Å²) in [6.07, 6.45) is 0. The molecule has 0 saturated carbocycles. The van der Waals surface area contributed by atoms with Crippen LogP contribution in [0, 0.1) is 11.3 Å². The van der Waals surface area contributed by atoms with Gasteiger partial charge in [-0.05, 0) is 17.7 Å². The van der Waals surface area contributed by atoms with E-state index in [0.29, 0.717) is 37.6 Å². The number of carbonyl (C=O) groups is 1. The van der Waals surface area contributed by atoms with Crippen molar-refractivity contribution in [2.24, 2.45) is 0 Å². The molecule has 1 saturated heterocycles. The van der Waals surface area contributed by atoms with Crippen molar-refractivity contribution in [2.75, 3.05) is 33.3 Å². The van der Waals surface area contributed by atoms with Crippen LogP contribution in [0.3, 0.4) is 0 Å². The predicted molar refractivity (Wildman–Crippen MR) is 111 cm³/mol. The first-order valence-corrected chi connectivity index (χ1v) is 9.78. The number of hydrogen-bond acceptors (Lipinski definition) is 6. The fourth-order valence-corrected chi connectivity index (χ4v) is 3.61. The van der Waals surface area contributed by atoms with E-state index in [9.17, 15) is 10.1 Å². The summed E-state index contributed by atoms with van der Waals surface area (Å²) in [5.74, 6) is 1.17. The number of methoxy groups -OCH3 is 1. The lowest BCUT2D eigenvalue weighted by atomic mass is 10.1. The molecule has 7 heteroatoms. The minimum Gasteiger partial charge on any atom is -0.497 e. The minimum atomic E-state index is -0.357. The van der Waals surface area contributed by atoms with Crippen LogP contribution in [0.5, 0.6) is 5.75 Å². The first-order chi connectivity index (χ1) is 14.7. The second-order valence-electron chi connectivity index (χ2n) is 7.08. The molecular weight excluding hydrogens is 380 g/mol. The fraction of sp³-hybridized carbons (Fsp3) is 0.261. The van der Waals surface area contributed by atoms with Gasteiger partial charge in [0.15, 0.2) is 11.5 Å². The highest BCUT2D eigenvalue weighted by Crippen LogP contribution is 2.25. The van der Waals surface area contributed by atoms with Gasteiger partial charge in [-0.2, -0.15) is 5.26 Å². The number of nitriles is 1. The summed E-state index contributed by atoms with van der Waals surface area (Å²) in [7, 11) is 1.62. The van der Waals surface area contributed by atoms with Crippen LogP contribution in [0.4, 0.5) is 0 Å². The van der Waals surface area contributed by atoms with Crippen molar-refractivity contribution < 1.29 is 14.1 Å². The Hall–Kier alpha value is -3.63. The summed E-state index contributed by atoms with van der Waals surface area (Å²) in [5.41, 5.74) is 2.10. The number of amides is 1. The standard InChI is InChI=1S/C23H22N4O3/c1-29-19-9-7-17(8-10-19)21(16-24)26-11-13-27(14-12-26)23(28)20-15-22(30-25-20)18-5-3-2-4-6-18/h2-10,15,21H,11-14H2,1H3. The second-order valence-corrected chi connectivity index (χ2v) is 7.08. The molecule has 2 aromatic carbocycles. The van der Waals surface area contributed by atoms with Crippen molar-refractivity contribution in [3.8, 4) is 23.1 Å². The molecule has 3 aromatic rings. The molecule has 1 atom stereocenters. The van der Waals surface area contributed by atoms with Gasteiger partial charge >= 0.3 is 0 Å². The van der Waals surface area contributed by atoms with Crippen molar-refractivity contribution in [2.45, 2.75) is 6.04 Å². The molecule has 1 aliphatic heterocycles. The van der Waals surface area contributed by atoms with E-state index in [0.717, 1.165) is 16.9 Å². The number of nitrogens with zero attached hydrogens (tertiary/aromatic N) is 4. The van der Waals surface area contributed by atoms with Gasteiger partial charge < -0.3 is 14.2 Å². The van der Waals surface area contributed by atoms with Gasteiger partial charge in [0.25, 0.3) is 5.91 Å². The zero-order valence-corrected chi connectivity index (χ0v) is 16.7. The molecular formula is C23H22N4O3. The molecule has 30 heavy (non-hydrogen) atoms. The van der Waals surface area contributed by atoms with E-state index >= 15 is 0 Å². The molecule has 1 unspecified atom stereocenters. The van der Waals surface area contributed by atoms with Crippen molar-refractivity contribution in [3.05, 3.63) is 71.9 Å². The number of benzene rings is 2. The van der Waals surface area contributed by atoms with Crippen LogP contribution in [0.1, 0.15) is 22.1 Å². The lowest BCUT2D eigenvalue weighted by Crippen LogP contribution is -2.49. The van der Waals surface area contributed by atoms with Gasteiger partial charge in [-0.15, -0.1) is 0 Å². The van der Waals surface area contributed by atoms with Gasteiger partial charge in [-0.3, -0.25) is 9.69 Å². The third-order valence-electron chi connectivity index (χ3n) is 5.31. The predicted octanol–water partition coefficient (Wildman–Crippen LogP) is 3.37. The lowest BCUT2D eigenvalue weighted by molar-refractivity contribution is 0.0596. The van der Waals surface area contributed by atoms with Gasteiger partial charge in [0.2, 0.25) is 0 Å². The zero-order valence-electron chi connectivity index (χ0n) is 16.7. The molecule has 4 rings (SSSR count). The summed E-state index contributed by atoms with van der Waals surface area (Å²) in [6, 6.07) is 20.8. The summed E-state index contributed by atoms with van der Waals surface area (Å²) in [5, 5.41) is 13.7. The zero-order chi connectivity index (χ0) is 20.9. The highest BCUT2D eigenvalue weighted by Gasteiger charge is 2.29. The van der Waals surface area contributed by atoms with Gasteiger partial charge in [-0.1, -0.05) is 47.6 Å². The Kier molecular flexibility index (Phi) is 5.77. The normalized spacial score (nSPS) is 15.4. The third kappa shape index (κ3) is 4.04. The molecule has 152 valence electrons. The lowest BCUT2D eigenvalue weighted by Gasteiger charge is -2.36. The van der Waals surface area contributed by atoms with Crippen LogP contribution in [-0.4, -0.2) is 54.2 Å². The van der Waals surface area contributed by atoms with E-state index in [-0.39, 0.29) is 11.9 Å². The number of ether oxygens (including phenoxy) is 1. The van der Waals surface area contributed by atoms with E-state index < -0.39 is 0 Å². The van der Waals surface area contributed by atoms with Crippen molar-refractivity contribution in [3.63, 3.8) is 0 Å². The molecule has 2 heterocycles. The third-order valence-corrected chi connectivity index (χ3v) is 5.31. The van der Waals surface area contributed by atoms with E-state index in [2.05, 4.69) is 16.1 Å². The number of carbonyl (C=O) groups excluding carboxylic acids is 1. The van der Waals surface area contributed by atoms with Crippen molar-refractivity contribution >= 4 is 5.91 Å². The number of aromatic nitrogens is 1. The highest BCUT2D eigenvalue weighted by molar-refractivity contribution is 5.93. The minimum absolute atomic E-state index is 0.154. The quantitative estimate of drug-likeness (QED) is 0.651. The summed E-state index contributed by atoms with van der Waals surface area (Å²) in [4.78, 5) is 16.7. The Labute approximate surface area is 175 Å². The molecule has 0 aliphatic carbocycles. The first-order valence-electron chi connectivity index (χ1n) is 9.78. The van der Waals surface area contributed by atoms with Gasteiger partial charge in [-0.25, -0.2) is 0 Å². The van der Waals surface area contributed by atoms with Crippen molar-refractivity contribution in [1.29, 1.82) is 5.26 Å². The SMILES string of the molecule is COc1ccc(C(C#N)N2CCN(C(=O)c3cc(-c4ccccc4)on3)CC2)cc1. The molecule has 0 N–H and O–H groups in total. The van der Waals surface area contributed by atoms with Crippen LogP contribution in [-0.2, 0) is 0 Å². The smallest absolute Gasteiger partial charge is 0.276 e. The van der Waals surface area contributed by atoms with Crippen LogP contribution >= 0.6 is 0 Å². The Morgan fingerprint density at radius 2 is 1.80 bits per heavy atom. The van der Waals surface area contributed by atoms with Gasteiger partial charge in [0, 0.05) is 37.8 Å². The molecule has 0 spiro atoms. The highest BCUT2D eigenvalue weighted by atomic mass is 16.5. The maximum Gasteiger partial charge on any atom is 0.276 e. The summed E-state index contributed by atoms with van der Waals surface area (Å²) < 4.78 is 10.5. The number of piperazine rings is 1. The average molecular weight is 402 g/mol. The van der Waals surface area contributed by atoms with E-state index in [1.54, 1.807) is 18.1 Å². The molecule has 1 amide bonds. The Morgan fingerprint density at radius 3 is 2.43 bits per heavy atom. The molecule has 0 bridgehead atoms. The maximum atomic E-state index is 12.8. The monoisotopic (exact) mass is 402 g/mol. The van der Waals surface area contributed by atoms with Crippen molar-refractivity contribution in [1.82, 2.24) is 15.0 Å². The maximum absolute atomic E-state index is 12.8. The van der Waals surface area contributed by atoms with Gasteiger partial charge in [0.05, 0.1) is 13.2 Å². The average Bonchev–Trinajstić information content (AvgIpc) is 3.31. The number of rotatable bonds is 5. The van der Waals surface area contributed by atoms with Crippen LogP contribution in [0.25, 0.3) is 11.3 Å². The van der Waals surface area contributed by atoms with Crippen LogP contribution < -0.4 is 4.74 Å². The largest absolute Gasteiger partial charge is 0.497 e. The Balaban J connectivity index is 1.39. The van der Waals surface area contributed by atoms with Gasteiger partial charge in [0.1, 0.15) is 11.8 Å². The first kappa shape index (κ1) is 19.7. The molecule has 1 aliphatic rings. The Bertz CT molecular complexity index is 1030. The van der Waals surface area contributed by atoms with E-state index in [4.69, 9.17) is 9.26 Å². The second kappa shape index (κ2) is 8.80. The summed E-state index contributed by atoms with van der Waals surface area (Å²) >= 11 is 0. The molecule has 0 radical (unpaired) electrons. The Morgan fingerprint density at radius 1 is 1.10 bits per heavy atom. The molecule has 1 fully saturated rings. The van der Waals surface area contributed by atoms with Crippen LogP contribution in [0.15, 0.2) is 65.2 Å². The van der Waals surface area contributed by atoms with E-state index in [1.807, 2.05) is 54.6 Å². The molecule has 1 aromatic heterocycles. The van der Waals surface area contributed by atoms with E-state index in [1.165, 1.54) is 0 Å². The van der Waals surface area contributed by atoms with Crippen LogP contribution in [0.2, 0.25) is 0 Å². The number of hydrogen-bond donors (Lipinski definition) is 0. The fourth-order valence-electron chi connectivity index (χ4n) is 3.61. The molecule has 7 nitrogen and oxygen atoms in total.